The Labute approximate surface area is 101 Å². The maximum absolute atomic E-state index is 10.3. The third kappa shape index (κ3) is 2.76. The second-order valence-corrected chi connectivity index (χ2v) is 5.24. The molecule has 0 saturated carbocycles. The molecule has 2 rings (SSSR count). The third-order valence-corrected chi connectivity index (χ3v) is 3.59. The van der Waals surface area contributed by atoms with E-state index >= 15 is 0 Å². The molecular formula is C7H10ClN5O2S. The Morgan fingerprint density at radius 1 is 1.81 bits per heavy atom. The van der Waals surface area contributed by atoms with Gasteiger partial charge in [0.05, 0.1) is 6.54 Å². The fraction of sp³-hybridized carbons (Fsp3) is 0.714. The molecule has 16 heavy (non-hydrogen) atoms. The van der Waals surface area contributed by atoms with Crippen molar-refractivity contribution in [3.05, 3.63) is 10.1 Å². The summed E-state index contributed by atoms with van der Waals surface area (Å²) in [5.41, 5.74) is 0. The summed E-state index contributed by atoms with van der Waals surface area (Å²) in [6, 6.07) is 0. The first-order chi connectivity index (χ1) is 7.65. The topological polar surface area (TPSA) is 83.1 Å². The Morgan fingerprint density at radius 2 is 2.62 bits per heavy atom. The molecule has 1 N–H and O–H groups in total. The summed E-state index contributed by atoms with van der Waals surface area (Å²) in [5, 5.41) is 16.0. The van der Waals surface area contributed by atoms with Crippen molar-refractivity contribution >= 4 is 33.8 Å². The number of guanidine groups is 1. The predicted octanol–water partition coefficient (Wildman–Crippen LogP) is 0.150. The zero-order valence-electron chi connectivity index (χ0n) is 8.30. The summed E-state index contributed by atoms with van der Waals surface area (Å²) in [7, 11) is 0. The maximum atomic E-state index is 10.3. The van der Waals surface area contributed by atoms with Crippen LogP contribution in [0.25, 0.3) is 0 Å². The number of nitrogens with zero attached hydrogens (tertiary/aromatic N) is 4. The molecule has 2 aliphatic heterocycles. The average Bonchev–Trinajstić information content (AvgIpc) is 2.77. The van der Waals surface area contributed by atoms with E-state index in [4.69, 9.17) is 11.6 Å². The number of nitro groups is 1. The highest BCUT2D eigenvalue weighted by Gasteiger charge is 2.27. The second kappa shape index (κ2) is 4.88. The third-order valence-electron chi connectivity index (χ3n) is 2.25. The van der Waals surface area contributed by atoms with Crippen LogP contribution in [0.3, 0.4) is 0 Å². The molecule has 2 heterocycles. The van der Waals surface area contributed by atoms with E-state index in [9.17, 15) is 10.1 Å². The molecule has 2 aliphatic rings. The van der Waals surface area contributed by atoms with E-state index in [1.165, 1.54) is 11.8 Å². The van der Waals surface area contributed by atoms with Crippen LogP contribution in [-0.2, 0) is 0 Å². The zero-order valence-corrected chi connectivity index (χ0v) is 9.87. The monoisotopic (exact) mass is 263 g/mol. The van der Waals surface area contributed by atoms with E-state index < -0.39 is 5.03 Å². The van der Waals surface area contributed by atoms with Crippen LogP contribution in [-0.4, -0.2) is 51.8 Å². The van der Waals surface area contributed by atoms with Gasteiger partial charge in [-0.1, -0.05) is 23.4 Å². The van der Waals surface area contributed by atoms with Gasteiger partial charge < -0.3 is 10.2 Å². The summed E-state index contributed by atoms with van der Waals surface area (Å²) in [6.07, 6.45) is 0. The van der Waals surface area contributed by atoms with Crippen LogP contribution < -0.4 is 5.32 Å². The van der Waals surface area contributed by atoms with E-state index in [-0.39, 0.29) is 5.25 Å². The fourth-order valence-electron chi connectivity index (χ4n) is 1.60. The number of aliphatic imine (C=N–C) groups is 1. The Bertz CT molecular complexity index is 361. The van der Waals surface area contributed by atoms with Gasteiger partial charge in [0.1, 0.15) is 5.10 Å². The van der Waals surface area contributed by atoms with Gasteiger partial charge in [0.25, 0.3) is 5.96 Å². The maximum Gasteiger partial charge on any atom is 0.271 e. The van der Waals surface area contributed by atoms with Crippen LogP contribution in [0.5, 0.6) is 0 Å². The number of thioether (sulfide) groups is 1. The van der Waals surface area contributed by atoms with Crippen LogP contribution in [0.4, 0.5) is 0 Å². The molecule has 0 bridgehead atoms. The number of hydrogen-bond acceptors (Lipinski definition) is 4. The summed E-state index contributed by atoms with van der Waals surface area (Å²) in [6.45, 7) is 2.73. The molecule has 88 valence electrons. The normalized spacial score (nSPS) is 27.1. The van der Waals surface area contributed by atoms with Gasteiger partial charge in [-0.25, -0.2) is 10.1 Å². The molecule has 0 radical (unpaired) electrons. The number of nitrogens with one attached hydrogen (secondary N) is 1. The van der Waals surface area contributed by atoms with E-state index in [0.717, 1.165) is 6.54 Å². The van der Waals surface area contributed by atoms with Crippen LogP contribution in [0, 0.1) is 10.1 Å². The highest BCUT2D eigenvalue weighted by atomic mass is 35.5. The molecule has 1 fully saturated rings. The first-order valence-electron chi connectivity index (χ1n) is 4.73. The molecule has 1 atom stereocenters. The van der Waals surface area contributed by atoms with Crippen molar-refractivity contribution in [2.45, 2.75) is 5.25 Å². The minimum Gasteiger partial charge on any atom is -0.349 e. The fourth-order valence-corrected chi connectivity index (χ4v) is 2.88. The molecule has 0 aromatic rings. The lowest BCUT2D eigenvalue weighted by Crippen LogP contribution is -2.36. The Morgan fingerprint density at radius 3 is 3.25 bits per heavy atom. The Hall–Kier alpha value is -1.02. The van der Waals surface area contributed by atoms with Crippen molar-refractivity contribution in [3.8, 4) is 0 Å². The van der Waals surface area contributed by atoms with Gasteiger partial charge in [-0.2, -0.15) is 0 Å². The van der Waals surface area contributed by atoms with Gasteiger partial charge in [-0.15, -0.1) is 0 Å². The lowest BCUT2D eigenvalue weighted by atomic mass is 10.4. The Kier molecular flexibility index (Phi) is 3.49. The van der Waals surface area contributed by atoms with Crippen molar-refractivity contribution in [1.82, 2.24) is 10.2 Å². The largest absolute Gasteiger partial charge is 0.349 e. The van der Waals surface area contributed by atoms with Gasteiger partial charge in [0.15, 0.2) is 9.54 Å². The average molecular weight is 264 g/mol. The number of hydrogen-bond donors (Lipinski definition) is 1. The van der Waals surface area contributed by atoms with Crippen molar-refractivity contribution in [3.63, 3.8) is 0 Å². The van der Waals surface area contributed by atoms with E-state index in [1.807, 2.05) is 4.90 Å². The standard InChI is InChI=1S/C7H10ClN5O2S/c8-6-10-3-5(16-6)4-12-2-1-9-7(12)11-13(14)15/h5H,1-4H2,(H,9,11). The summed E-state index contributed by atoms with van der Waals surface area (Å²) in [4.78, 5) is 16.2. The zero-order chi connectivity index (χ0) is 11.5. The molecule has 0 amide bonds. The molecule has 9 heteroatoms. The summed E-state index contributed by atoms with van der Waals surface area (Å²) < 4.78 is 0.560. The molecule has 1 saturated heterocycles. The van der Waals surface area contributed by atoms with Crippen LogP contribution in [0.2, 0.25) is 0 Å². The van der Waals surface area contributed by atoms with Crippen LogP contribution in [0.1, 0.15) is 0 Å². The molecule has 0 aliphatic carbocycles. The molecule has 1 unspecified atom stereocenters. The van der Waals surface area contributed by atoms with E-state index in [2.05, 4.69) is 15.4 Å². The summed E-state index contributed by atoms with van der Waals surface area (Å²) >= 11 is 7.25. The minimum absolute atomic E-state index is 0.254. The smallest absolute Gasteiger partial charge is 0.271 e. The van der Waals surface area contributed by atoms with Crippen molar-refractivity contribution in [2.75, 3.05) is 26.2 Å². The lowest BCUT2D eigenvalue weighted by molar-refractivity contribution is -0.485. The summed E-state index contributed by atoms with van der Waals surface area (Å²) in [5.74, 6) is 0.327. The number of hydrazone groups is 1. The minimum atomic E-state index is -0.689. The molecule has 7 nitrogen and oxygen atoms in total. The number of halogens is 1. The molecular weight excluding hydrogens is 254 g/mol. The highest BCUT2D eigenvalue weighted by molar-refractivity contribution is 8.17. The second-order valence-electron chi connectivity index (χ2n) is 3.37. The molecule has 0 aromatic heterocycles. The van der Waals surface area contributed by atoms with Gasteiger partial charge in [0.2, 0.25) is 0 Å². The molecule has 0 spiro atoms. The van der Waals surface area contributed by atoms with Gasteiger partial charge in [-0.3, -0.25) is 4.99 Å². The molecule has 0 aromatic carbocycles. The van der Waals surface area contributed by atoms with Crippen molar-refractivity contribution in [1.29, 1.82) is 0 Å². The van der Waals surface area contributed by atoms with E-state index in [1.54, 1.807) is 0 Å². The first kappa shape index (κ1) is 11.5. The van der Waals surface area contributed by atoms with E-state index in [0.29, 0.717) is 30.1 Å². The number of rotatable bonds is 3. The Balaban J connectivity index is 1.92. The lowest BCUT2D eigenvalue weighted by Gasteiger charge is -2.18. The van der Waals surface area contributed by atoms with Crippen LogP contribution >= 0.6 is 23.4 Å². The predicted molar refractivity (Wildman–Crippen MR) is 63.5 cm³/mol. The van der Waals surface area contributed by atoms with Gasteiger partial charge in [0, 0.05) is 24.9 Å². The van der Waals surface area contributed by atoms with Crippen molar-refractivity contribution < 1.29 is 5.03 Å². The van der Waals surface area contributed by atoms with Gasteiger partial charge >= 0.3 is 0 Å². The highest BCUT2D eigenvalue weighted by Crippen LogP contribution is 2.24. The first-order valence-corrected chi connectivity index (χ1v) is 5.99. The van der Waals surface area contributed by atoms with Crippen LogP contribution in [0.15, 0.2) is 10.1 Å². The SMILES string of the molecule is O=[N+]([O-])/N=C1\NCCN1CC1CN=C(Cl)S1. The quantitative estimate of drug-likeness (QED) is 0.579. The van der Waals surface area contributed by atoms with Gasteiger partial charge in [-0.05, 0) is 0 Å². The van der Waals surface area contributed by atoms with Crippen molar-refractivity contribution in [2.24, 2.45) is 10.1 Å².